The number of phenols is 2. The predicted molar refractivity (Wildman–Crippen MR) is 199 cm³/mol. The van der Waals surface area contributed by atoms with Gasteiger partial charge in [0, 0.05) is 11.1 Å². The van der Waals surface area contributed by atoms with Gasteiger partial charge in [-0.3, -0.25) is 9.59 Å². The average molecular weight is 699 g/mol. The predicted octanol–water partition coefficient (Wildman–Crippen LogP) is 6.15. The molecule has 0 aliphatic rings. The number of benzene rings is 6. The van der Waals surface area contributed by atoms with E-state index in [0.29, 0.717) is 33.8 Å². The lowest BCUT2D eigenvalue weighted by molar-refractivity contribution is -0.123. The number of amides is 2. The van der Waals surface area contributed by atoms with Gasteiger partial charge in [-0.1, -0.05) is 60.7 Å². The van der Waals surface area contributed by atoms with Crippen molar-refractivity contribution in [2.45, 2.75) is 0 Å². The zero-order valence-electron chi connectivity index (χ0n) is 28.2. The fourth-order valence-electron chi connectivity index (χ4n) is 5.52. The second-order valence-corrected chi connectivity index (χ2v) is 11.3. The first kappa shape index (κ1) is 34.8. The van der Waals surface area contributed by atoms with Gasteiger partial charge < -0.3 is 29.2 Å². The van der Waals surface area contributed by atoms with Crippen molar-refractivity contribution in [3.05, 3.63) is 120 Å². The van der Waals surface area contributed by atoms with Crippen LogP contribution in [0, 0.1) is 0 Å². The van der Waals surface area contributed by atoms with Crippen LogP contribution in [-0.2, 0) is 9.59 Å². The molecule has 4 N–H and O–H groups in total. The van der Waals surface area contributed by atoms with Crippen LogP contribution < -0.4 is 29.8 Å². The van der Waals surface area contributed by atoms with Gasteiger partial charge in [0.25, 0.3) is 11.8 Å². The first-order valence-corrected chi connectivity index (χ1v) is 16.0. The van der Waals surface area contributed by atoms with Crippen molar-refractivity contribution in [3.8, 4) is 45.6 Å². The van der Waals surface area contributed by atoms with E-state index < -0.39 is 11.8 Å². The molecule has 0 aromatic heterocycles. The van der Waals surface area contributed by atoms with Crippen molar-refractivity contribution >= 4 is 45.8 Å². The van der Waals surface area contributed by atoms with Crippen molar-refractivity contribution in [2.24, 2.45) is 10.2 Å². The SMILES string of the molecule is COc1cc(/C=N/NC(=O)COc2ccc3ccccc3c2-c2c(OCC(=O)N/N=C/c3ccc(O)c(OC)c3)ccc3ccccc23)ccc1O. The van der Waals surface area contributed by atoms with Crippen LogP contribution in [0.2, 0.25) is 0 Å². The van der Waals surface area contributed by atoms with Crippen molar-refractivity contribution in [1.82, 2.24) is 10.9 Å². The number of methoxy groups -OCH3 is 2. The quantitative estimate of drug-likeness (QED) is 0.0826. The molecule has 6 aromatic carbocycles. The van der Waals surface area contributed by atoms with Crippen LogP contribution in [0.4, 0.5) is 0 Å². The molecule has 0 fully saturated rings. The van der Waals surface area contributed by atoms with E-state index in [0.717, 1.165) is 21.5 Å². The average Bonchev–Trinajstić information content (AvgIpc) is 3.17. The smallest absolute Gasteiger partial charge is 0.277 e. The van der Waals surface area contributed by atoms with Crippen LogP contribution in [0.15, 0.2) is 119 Å². The van der Waals surface area contributed by atoms with Gasteiger partial charge in [0.15, 0.2) is 36.2 Å². The summed E-state index contributed by atoms with van der Waals surface area (Å²) in [6.07, 6.45) is 2.85. The van der Waals surface area contributed by atoms with Gasteiger partial charge in [-0.2, -0.15) is 10.2 Å². The summed E-state index contributed by atoms with van der Waals surface area (Å²) in [7, 11) is 2.88. The molecule has 52 heavy (non-hydrogen) atoms. The molecule has 0 atom stereocenters. The molecule has 0 aliphatic carbocycles. The Bertz CT molecular complexity index is 2160. The third-order valence-corrected chi connectivity index (χ3v) is 7.96. The molecule has 0 heterocycles. The Labute approximate surface area is 298 Å². The van der Waals surface area contributed by atoms with E-state index in [4.69, 9.17) is 18.9 Å². The highest BCUT2D eigenvalue weighted by atomic mass is 16.5. The van der Waals surface area contributed by atoms with E-state index in [2.05, 4.69) is 21.1 Å². The van der Waals surface area contributed by atoms with E-state index >= 15 is 0 Å². The highest BCUT2D eigenvalue weighted by Gasteiger charge is 2.20. The van der Waals surface area contributed by atoms with Crippen LogP contribution >= 0.6 is 0 Å². The minimum atomic E-state index is -0.501. The fraction of sp³-hybridized carbons (Fsp3) is 0.100. The van der Waals surface area contributed by atoms with Crippen LogP contribution in [0.3, 0.4) is 0 Å². The zero-order valence-corrected chi connectivity index (χ0v) is 28.2. The Balaban J connectivity index is 1.25. The molecule has 2 amide bonds. The van der Waals surface area contributed by atoms with Gasteiger partial charge in [-0.05, 0) is 81.2 Å². The Kier molecular flexibility index (Phi) is 10.8. The molecule has 12 heteroatoms. The Morgan fingerprint density at radius 2 is 1.00 bits per heavy atom. The van der Waals surface area contributed by atoms with Crippen LogP contribution in [-0.4, -0.2) is 61.9 Å². The summed E-state index contributed by atoms with van der Waals surface area (Å²) < 4.78 is 22.5. The number of nitrogens with zero attached hydrogens (tertiary/aromatic N) is 2. The lowest BCUT2D eigenvalue weighted by Gasteiger charge is -2.19. The summed E-state index contributed by atoms with van der Waals surface area (Å²) in [5.74, 6) is 0.368. The van der Waals surface area contributed by atoms with Gasteiger partial charge in [-0.25, -0.2) is 10.9 Å². The number of hydrogen-bond donors (Lipinski definition) is 4. The Morgan fingerprint density at radius 3 is 1.42 bits per heavy atom. The first-order chi connectivity index (χ1) is 25.3. The maximum atomic E-state index is 12.9. The molecule has 0 unspecified atom stereocenters. The lowest BCUT2D eigenvalue weighted by Crippen LogP contribution is -2.25. The highest BCUT2D eigenvalue weighted by molar-refractivity contribution is 6.10. The Hall–Kier alpha value is -7.08. The van der Waals surface area contributed by atoms with Gasteiger partial charge in [0.2, 0.25) is 0 Å². The van der Waals surface area contributed by atoms with Gasteiger partial charge in [-0.15, -0.1) is 0 Å². The fourth-order valence-corrected chi connectivity index (χ4v) is 5.52. The monoisotopic (exact) mass is 698 g/mol. The molecule has 0 spiro atoms. The number of rotatable bonds is 13. The summed E-state index contributed by atoms with van der Waals surface area (Å²) in [6, 6.07) is 32.3. The molecule has 0 radical (unpaired) electrons. The molecule has 0 saturated carbocycles. The first-order valence-electron chi connectivity index (χ1n) is 16.0. The van der Waals surface area contributed by atoms with Crippen molar-refractivity contribution in [3.63, 3.8) is 0 Å². The highest BCUT2D eigenvalue weighted by Crippen LogP contribution is 2.45. The Morgan fingerprint density at radius 1 is 0.577 bits per heavy atom. The van der Waals surface area contributed by atoms with Gasteiger partial charge in [0.1, 0.15) is 11.5 Å². The maximum absolute atomic E-state index is 12.9. The molecule has 12 nitrogen and oxygen atoms in total. The maximum Gasteiger partial charge on any atom is 0.277 e. The molecule has 0 saturated heterocycles. The minimum absolute atomic E-state index is 0.0101. The van der Waals surface area contributed by atoms with Crippen molar-refractivity contribution in [1.29, 1.82) is 0 Å². The number of hydrogen-bond acceptors (Lipinski definition) is 10. The number of fused-ring (bicyclic) bond motifs is 2. The third-order valence-electron chi connectivity index (χ3n) is 7.96. The van der Waals surface area contributed by atoms with Crippen molar-refractivity contribution < 1.29 is 38.7 Å². The number of carbonyl (C=O) groups excluding carboxylic acids is 2. The standard InChI is InChI=1S/C40H34N4O8/c1-49-35-19-25(11-15-31(35)45)21-41-43-37(47)23-51-33-17-13-27-7-3-5-9-29(27)39(33)40-30-10-6-4-8-28(30)14-18-34(40)52-24-38(48)44-42-22-26-12-16-32(46)36(20-26)50-2/h3-22,45-46H,23-24H2,1-2H3,(H,43,47)(H,44,48)/b41-21+,42-22+. The van der Waals surface area contributed by atoms with E-state index in [1.165, 1.54) is 38.8 Å². The molecule has 6 rings (SSSR count). The van der Waals surface area contributed by atoms with Crippen LogP contribution in [0.5, 0.6) is 34.5 Å². The van der Waals surface area contributed by atoms with E-state index in [1.54, 1.807) is 36.4 Å². The summed E-state index contributed by atoms with van der Waals surface area (Å²) in [6.45, 7) is -0.703. The summed E-state index contributed by atoms with van der Waals surface area (Å²) in [5.41, 5.74) is 7.49. The van der Waals surface area contributed by atoms with E-state index in [-0.39, 0.29) is 36.2 Å². The topological polar surface area (TPSA) is 160 Å². The number of phenolic OH excluding ortho intramolecular Hbond substituents is 2. The molecule has 0 bridgehead atoms. The van der Waals surface area contributed by atoms with Crippen LogP contribution in [0.1, 0.15) is 11.1 Å². The summed E-state index contributed by atoms with van der Waals surface area (Å²) >= 11 is 0. The normalized spacial score (nSPS) is 11.2. The summed E-state index contributed by atoms with van der Waals surface area (Å²) in [5, 5.41) is 31.2. The molecule has 6 aromatic rings. The van der Waals surface area contributed by atoms with E-state index in [1.807, 2.05) is 60.7 Å². The minimum Gasteiger partial charge on any atom is -0.504 e. The van der Waals surface area contributed by atoms with Gasteiger partial charge in [0.05, 0.1) is 26.6 Å². The second kappa shape index (κ2) is 16.1. The second-order valence-electron chi connectivity index (χ2n) is 11.3. The summed E-state index contributed by atoms with van der Waals surface area (Å²) in [4.78, 5) is 25.7. The molecular weight excluding hydrogens is 664 g/mol. The largest absolute Gasteiger partial charge is 0.504 e. The number of hydrazone groups is 2. The zero-order chi connectivity index (χ0) is 36.5. The number of aromatic hydroxyl groups is 2. The number of ether oxygens (including phenoxy) is 4. The number of carbonyl (C=O) groups is 2. The molecule has 0 aliphatic heterocycles. The molecule has 262 valence electrons. The third kappa shape index (κ3) is 8.03. The number of nitrogens with one attached hydrogen (secondary N) is 2. The van der Waals surface area contributed by atoms with E-state index in [9.17, 15) is 19.8 Å². The van der Waals surface area contributed by atoms with Gasteiger partial charge >= 0.3 is 0 Å². The lowest BCUT2D eigenvalue weighted by atomic mass is 9.92. The van der Waals surface area contributed by atoms with Crippen LogP contribution in [0.25, 0.3) is 32.7 Å². The molecular formula is C40H34N4O8. The van der Waals surface area contributed by atoms with Crippen molar-refractivity contribution in [2.75, 3.05) is 27.4 Å².